The highest BCUT2D eigenvalue weighted by molar-refractivity contribution is 6.12. The number of hydrogen-bond donors (Lipinski definition) is 1. The molecule has 2 aromatic rings. The summed E-state index contributed by atoms with van der Waals surface area (Å²) in [4.78, 5) is 12.6. The molecule has 0 aliphatic carbocycles. The average Bonchev–Trinajstić information content (AvgIpc) is 2.68. The van der Waals surface area contributed by atoms with Gasteiger partial charge >= 0.3 is 0 Å². The Labute approximate surface area is 138 Å². The number of nitrogens with zero attached hydrogens (tertiary/aromatic N) is 1. The number of carbonyl (C=O) groups excluding carboxylic acids is 1. The van der Waals surface area contributed by atoms with Crippen LogP contribution in [0.3, 0.4) is 0 Å². The Morgan fingerprint density at radius 1 is 1.13 bits per heavy atom. The summed E-state index contributed by atoms with van der Waals surface area (Å²) in [6.07, 6.45) is 0. The molecule has 1 aliphatic heterocycles. The number of nitrogens with one attached hydrogen (secondary N) is 1. The van der Waals surface area contributed by atoms with Gasteiger partial charge in [-0.15, -0.1) is 0 Å². The van der Waals surface area contributed by atoms with E-state index in [-0.39, 0.29) is 11.3 Å². The summed E-state index contributed by atoms with van der Waals surface area (Å²) in [5.41, 5.74) is 5.68. The van der Waals surface area contributed by atoms with E-state index in [0.29, 0.717) is 5.57 Å². The minimum atomic E-state index is -0.426. The largest absolute Gasteiger partial charge is 0.269 e. The van der Waals surface area contributed by atoms with Gasteiger partial charge in [0.05, 0.1) is 11.2 Å². The molecule has 0 unspecified atom stereocenters. The van der Waals surface area contributed by atoms with Crippen molar-refractivity contribution < 1.29 is 4.79 Å². The van der Waals surface area contributed by atoms with Crippen LogP contribution in [-0.4, -0.2) is 11.4 Å². The molecule has 23 heavy (non-hydrogen) atoms. The molecule has 1 fully saturated rings. The second-order valence-corrected chi connectivity index (χ2v) is 7.82. The molecule has 2 aromatic carbocycles. The molecule has 0 atom stereocenters. The van der Waals surface area contributed by atoms with Gasteiger partial charge in [-0.25, -0.2) is 10.4 Å². The fourth-order valence-corrected chi connectivity index (χ4v) is 2.90. The summed E-state index contributed by atoms with van der Waals surface area (Å²) < 4.78 is 0. The molecule has 0 radical (unpaired) electrons. The van der Waals surface area contributed by atoms with Crippen LogP contribution in [-0.2, 0) is 10.2 Å². The highest BCUT2D eigenvalue weighted by atomic mass is 16.2. The van der Waals surface area contributed by atoms with Crippen LogP contribution in [0, 0.1) is 0 Å². The number of fused-ring (bicyclic) bond motifs is 1. The normalized spacial score (nSPS) is 18.0. The first-order valence-electron chi connectivity index (χ1n) is 7.96. The van der Waals surface area contributed by atoms with Crippen molar-refractivity contribution >= 4 is 22.4 Å². The van der Waals surface area contributed by atoms with Gasteiger partial charge < -0.3 is 0 Å². The quantitative estimate of drug-likeness (QED) is 0.796. The number of rotatable bonds is 1. The lowest BCUT2D eigenvalue weighted by Gasteiger charge is -2.24. The Morgan fingerprint density at radius 3 is 2.39 bits per heavy atom. The Balaban J connectivity index is 2.13. The molecule has 0 saturated carbocycles. The van der Waals surface area contributed by atoms with Crippen LogP contribution in [0.25, 0.3) is 10.8 Å². The van der Waals surface area contributed by atoms with Gasteiger partial charge in [-0.1, -0.05) is 57.7 Å². The van der Waals surface area contributed by atoms with E-state index in [9.17, 15) is 4.79 Å². The van der Waals surface area contributed by atoms with Gasteiger partial charge in [-0.05, 0) is 36.3 Å². The molecule has 3 heteroatoms. The second-order valence-electron chi connectivity index (χ2n) is 7.82. The van der Waals surface area contributed by atoms with Gasteiger partial charge in [0.25, 0.3) is 5.91 Å². The Morgan fingerprint density at radius 2 is 1.83 bits per heavy atom. The zero-order valence-electron chi connectivity index (χ0n) is 14.5. The molecule has 1 aliphatic rings. The van der Waals surface area contributed by atoms with E-state index >= 15 is 0 Å². The first kappa shape index (κ1) is 15.8. The fourth-order valence-electron chi connectivity index (χ4n) is 2.90. The monoisotopic (exact) mass is 308 g/mol. The number of amides is 1. The first-order valence-corrected chi connectivity index (χ1v) is 7.96. The highest BCUT2D eigenvalue weighted by Gasteiger charge is 2.40. The van der Waals surface area contributed by atoms with Gasteiger partial charge in [-0.3, -0.25) is 4.79 Å². The standard InChI is InChI=1S/C20H24N2O/c1-13-18(23)22(21-20(13,5)6)17-9-7-8-14-12-15(19(2,3)4)10-11-16(14)17/h7-12,21H,1H2,2-6H3. The summed E-state index contributed by atoms with van der Waals surface area (Å²) >= 11 is 0. The zero-order chi connectivity index (χ0) is 17.0. The minimum Gasteiger partial charge on any atom is -0.268 e. The average molecular weight is 308 g/mol. The third-order valence-electron chi connectivity index (χ3n) is 4.57. The van der Waals surface area contributed by atoms with Crippen LogP contribution in [0.4, 0.5) is 5.69 Å². The van der Waals surface area contributed by atoms with Crippen LogP contribution in [0.2, 0.25) is 0 Å². The number of carbonyl (C=O) groups is 1. The van der Waals surface area contributed by atoms with Gasteiger partial charge in [-0.2, -0.15) is 0 Å². The maximum absolute atomic E-state index is 12.6. The van der Waals surface area contributed by atoms with Crippen LogP contribution < -0.4 is 10.4 Å². The van der Waals surface area contributed by atoms with Gasteiger partial charge in [0.1, 0.15) is 0 Å². The molecule has 120 valence electrons. The maximum Gasteiger partial charge on any atom is 0.269 e. The molecule has 1 amide bonds. The molecule has 0 aromatic heterocycles. The lowest BCUT2D eigenvalue weighted by Crippen LogP contribution is -2.42. The number of anilines is 1. The minimum absolute atomic E-state index is 0.0672. The van der Waals surface area contributed by atoms with Crippen molar-refractivity contribution in [2.75, 3.05) is 5.01 Å². The molecular weight excluding hydrogens is 284 g/mol. The highest BCUT2D eigenvalue weighted by Crippen LogP contribution is 2.34. The Kier molecular flexibility index (Phi) is 3.38. The smallest absolute Gasteiger partial charge is 0.268 e. The predicted octanol–water partition coefficient (Wildman–Crippen LogP) is 4.32. The fraction of sp³-hybridized carbons (Fsp3) is 0.350. The Bertz CT molecular complexity index is 812. The molecule has 1 N–H and O–H groups in total. The topological polar surface area (TPSA) is 32.3 Å². The molecule has 0 spiro atoms. The molecular formula is C20H24N2O. The second kappa shape index (κ2) is 4.93. The van der Waals surface area contributed by atoms with Crippen LogP contribution >= 0.6 is 0 Å². The van der Waals surface area contributed by atoms with E-state index in [0.717, 1.165) is 16.5 Å². The maximum atomic E-state index is 12.6. The number of hydrazine groups is 1. The van der Waals surface area contributed by atoms with E-state index in [4.69, 9.17) is 0 Å². The number of benzene rings is 2. The van der Waals surface area contributed by atoms with Crippen molar-refractivity contribution in [2.24, 2.45) is 0 Å². The third-order valence-corrected chi connectivity index (χ3v) is 4.57. The van der Waals surface area contributed by atoms with Crippen molar-refractivity contribution in [1.82, 2.24) is 5.43 Å². The molecule has 1 heterocycles. The van der Waals surface area contributed by atoms with Crippen molar-refractivity contribution in [2.45, 2.75) is 45.6 Å². The van der Waals surface area contributed by atoms with Crippen LogP contribution in [0.1, 0.15) is 40.2 Å². The molecule has 0 bridgehead atoms. The Hall–Kier alpha value is -2.13. The van der Waals surface area contributed by atoms with E-state index in [1.807, 2.05) is 26.0 Å². The summed E-state index contributed by atoms with van der Waals surface area (Å²) in [5, 5.41) is 3.83. The summed E-state index contributed by atoms with van der Waals surface area (Å²) in [6, 6.07) is 12.5. The van der Waals surface area contributed by atoms with Crippen molar-refractivity contribution in [3.05, 3.63) is 54.1 Å². The van der Waals surface area contributed by atoms with Crippen molar-refractivity contribution in [3.63, 3.8) is 0 Å². The summed E-state index contributed by atoms with van der Waals surface area (Å²) in [6.45, 7) is 14.5. The SMILES string of the molecule is C=C1C(=O)N(c2cccc3cc(C(C)(C)C)ccc23)NC1(C)C. The van der Waals surface area contributed by atoms with Crippen molar-refractivity contribution in [3.8, 4) is 0 Å². The van der Waals surface area contributed by atoms with E-state index in [1.165, 1.54) is 5.56 Å². The zero-order valence-corrected chi connectivity index (χ0v) is 14.5. The number of hydrogen-bond acceptors (Lipinski definition) is 2. The third kappa shape index (κ3) is 2.55. The predicted molar refractivity (Wildman–Crippen MR) is 96.5 cm³/mol. The van der Waals surface area contributed by atoms with Crippen LogP contribution in [0.15, 0.2) is 48.6 Å². The van der Waals surface area contributed by atoms with Gasteiger partial charge in [0, 0.05) is 11.0 Å². The van der Waals surface area contributed by atoms with E-state index < -0.39 is 5.54 Å². The molecule has 3 rings (SSSR count). The summed E-state index contributed by atoms with van der Waals surface area (Å²) in [7, 11) is 0. The lowest BCUT2D eigenvalue weighted by atomic mass is 9.86. The van der Waals surface area contributed by atoms with Crippen molar-refractivity contribution in [1.29, 1.82) is 0 Å². The van der Waals surface area contributed by atoms with Gasteiger partial charge in [0.15, 0.2) is 0 Å². The van der Waals surface area contributed by atoms with E-state index in [2.05, 4.69) is 57.0 Å². The summed E-state index contributed by atoms with van der Waals surface area (Å²) in [5.74, 6) is -0.0672. The lowest BCUT2D eigenvalue weighted by molar-refractivity contribution is -0.114. The van der Waals surface area contributed by atoms with E-state index in [1.54, 1.807) is 5.01 Å². The first-order chi connectivity index (χ1) is 10.6. The van der Waals surface area contributed by atoms with Gasteiger partial charge in [0.2, 0.25) is 0 Å². The molecule has 1 saturated heterocycles. The molecule has 3 nitrogen and oxygen atoms in total. The van der Waals surface area contributed by atoms with Crippen LogP contribution in [0.5, 0.6) is 0 Å².